The van der Waals surface area contributed by atoms with Crippen LogP contribution in [0.2, 0.25) is 0 Å². The van der Waals surface area contributed by atoms with Gasteiger partial charge in [-0.1, -0.05) is 71.8 Å². The first-order chi connectivity index (χ1) is 28.6. The zero-order valence-electron chi connectivity index (χ0n) is 34.9. The molecule has 0 unspecified atom stereocenters. The van der Waals surface area contributed by atoms with E-state index >= 15 is 0 Å². The summed E-state index contributed by atoms with van der Waals surface area (Å²) in [6.07, 6.45) is 0. The van der Waals surface area contributed by atoms with E-state index in [0.29, 0.717) is 57.2 Å². The van der Waals surface area contributed by atoms with Crippen molar-refractivity contribution in [2.75, 3.05) is 0 Å². The van der Waals surface area contributed by atoms with Gasteiger partial charge in [-0.3, -0.25) is 0 Å². The summed E-state index contributed by atoms with van der Waals surface area (Å²) < 4.78 is 0. The van der Waals surface area contributed by atoms with Crippen LogP contribution in [0.3, 0.4) is 0 Å². The molecular formula is C50H46N6O4. The third kappa shape index (κ3) is 8.83. The van der Waals surface area contributed by atoms with Crippen molar-refractivity contribution in [2.45, 2.75) is 55.4 Å². The minimum Gasteiger partial charge on any atom is -0.507 e. The molecule has 0 saturated carbocycles. The maximum Gasteiger partial charge on any atom is 0.167 e. The molecule has 0 aliphatic carbocycles. The summed E-state index contributed by atoms with van der Waals surface area (Å²) >= 11 is 0. The third-order valence-electron chi connectivity index (χ3n) is 10.1. The lowest BCUT2D eigenvalue weighted by Crippen LogP contribution is -2.01. The Kier molecular flexibility index (Phi) is 11.4. The minimum absolute atomic E-state index is 0.104. The van der Waals surface area contributed by atoms with Crippen molar-refractivity contribution in [3.63, 3.8) is 0 Å². The highest BCUT2D eigenvalue weighted by molar-refractivity contribution is 5.75. The molecule has 0 amide bonds. The standard InChI is InChI=1S/2C25H23N3O2/c2*1-14-5-8-18(17(4)11-14)23-26-24(19-9-6-15(2)12-21(19)29)28-25(27-23)20-10-7-16(3)13-22(20)30/h2*5-13,29-30H,1-4H3. The fraction of sp³-hybridized carbons (Fsp3) is 0.160. The molecule has 4 N–H and O–H groups in total. The van der Waals surface area contributed by atoms with Crippen LogP contribution in [0.1, 0.15) is 44.5 Å². The highest BCUT2D eigenvalue weighted by Gasteiger charge is 2.19. The SMILES string of the molecule is Cc1ccc(-c2nc(-c3ccc(C)cc3O)nc(-c3ccc(C)cc3O)n2)c(C)c1.Cc1ccc(-c2nc(-c3ccc(C)cc3O)nc(-c3ccc(C)cc3O)n2)c(C)c1. The Bertz CT molecular complexity index is 2390. The fourth-order valence-electron chi connectivity index (χ4n) is 6.93. The van der Waals surface area contributed by atoms with Crippen LogP contribution < -0.4 is 0 Å². The van der Waals surface area contributed by atoms with Gasteiger partial charge in [0.1, 0.15) is 23.0 Å². The zero-order valence-corrected chi connectivity index (χ0v) is 34.9. The molecule has 60 heavy (non-hydrogen) atoms. The Labute approximate surface area is 349 Å². The summed E-state index contributed by atoms with van der Waals surface area (Å²) in [5.74, 6) is 2.82. The summed E-state index contributed by atoms with van der Waals surface area (Å²) in [5.41, 5.74) is 12.0. The summed E-state index contributed by atoms with van der Waals surface area (Å²) in [6, 6.07) is 33.6. The molecular weight excluding hydrogens is 749 g/mol. The molecule has 0 saturated heterocycles. The number of hydrogen-bond donors (Lipinski definition) is 4. The van der Waals surface area contributed by atoms with Crippen molar-refractivity contribution >= 4 is 0 Å². The Hall–Kier alpha value is -7.46. The average molecular weight is 795 g/mol. The first-order valence-corrected chi connectivity index (χ1v) is 19.5. The van der Waals surface area contributed by atoms with Crippen LogP contribution >= 0.6 is 0 Å². The molecule has 6 aromatic carbocycles. The molecule has 10 nitrogen and oxygen atoms in total. The van der Waals surface area contributed by atoms with E-state index in [4.69, 9.17) is 0 Å². The second kappa shape index (κ2) is 16.8. The quantitative estimate of drug-likeness (QED) is 0.128. The minimum atomic E-state index is 0.104. The smallest absolute Gasteiger partial charge is 0.167 e. The second-order valence-electron chi connectivity index (χ2n) is 15.3. The van der Waals surface area contributed by atoms with E-state index in [1.165, 1.54) is 0 Å². The van der Waals surface area contributed by atoms with Crippen LogP contribution in [0.4, 0.5) is 0 Å². The first kappa shape index (κ1) is 40.7. The van der Waals surface area contributed by atoms with Crippen molar-refractivity contribution in [1.29, 1.82) is 0 Å². The molecule has 8 rings (SSSR count). The molecule has 0 aliphatic heterocycles. The van der Waals surface area contributed by atoms with E-state index < -0.39 is 0 Å². The molecule has 0 radical (unpaired) electrons. The van der Waals surface area contributed by atoms with Crippen LogP contribution in [0.5, 0.6) is 23.0 Å². The summed E-state index contributed by atoms with van der Waals surface area (Å²) in [4.78, 5) is 27.8. The molecule has 2 aromatic heterocycles. The molecule has 0 spiro atoms. The van der Waals surface area contributed by atoms with Gasteiger partial charge in [-0.25, -0.2) is 29.9 Å². The van der Waals surface area contributed by atoms with E-state index in [9.17, 15) is 20.4 Å². The van der Waals surface area contributed by atoms with E-state index in [-0.39, 0.29) is 23.0 Å². The van der Waals surface area contributed by atoms with Crippen LogP contribution in [0, 0.1) is 55.4 Å². The van der Waals surface area contributed by atoms with Crippen LogP contribution in [-0.4, -0.2) is 50.3 Å². The summed E-state index contributed by atoms with van der Waals surface area (Å²) in [5, 5.41) is 42.0. The summed E-state index contributed by atoms with van der Waals surface area (Å²) in [6.45, 7) is 15.7. The molecule has 10 heteroatoms. The van der Waals surface area contributed by atoms with Crippen molar-refractivity contribution in [1.82, 2.24) is 29.9 Å². The molecule has 0 fully saturated rings. The van der Waals surface area contributed by atoms with Gasteiger partial charge in [0.2, 0.25) is 0 Å². The third-order valence-corrected chi connectivity index (χ3v) is 10.1. The molecule has 0 bridgehead atoms. The van der Waals surface area contributed by atoms with Crippen molar-refractivity contribution in [3.05, 3.63) is 154 Å². The maximum absolute atomic E-state index is 10.5. The van der Waals surface area contributed by atoms with E-state index in [1.807, 2.05) is 104 Å². The Morgan fingerprint density at radius 1 is 0.250 bits per heavy atom. The molecule has 300 valence electrons. The highest BCUT2D eigenvalue weighted by Crippen LogP contribution is 2.36. The van der Waals surface area contributed by atoms with Crippen molar-refractivity contribution in [2.24, 2.45) is 0 Å². The maximum atomic E-state index is 10.5. The Balaban J connectivity index is 0.000000181. The van der Waals surface area contributed by atoms with Gasteiger partial charge in [-0.05, 0) is 137 Å². The first-order valence-electron chi connectivity index (χ1n) is 19.5. The number of aromatic hydroxyl groups is 4. The Morgan fingerprint density at radius 2 is 0.433 bits per heavy atom. The van der Waals surface area contributed by atoms with Gasteiger partial charge < -0.3 is 20.4 Å². The lowest BCUT2D eigenvalue weighted by Gasteiger charge is -2.12. The predicted molar refractivity (Wildman–Crippen MR) is 237 cm³/mol. The van der Waals surface area contributed by atoms with E-state index in [1.54, 1.807) is 48.5 Å². The topological polar surface area (TPSA) is 158 Å². The molecule has 0 aliphatic rings. The van der Waals surface area contributed by atoms with Gasteiger partial charge in [-0.15, -0.1) is 0 Å². The van der Waals surface area contributed by atoms with Gasteiger partial charge >= 0.3 is 0 Å². The summed E-state index contributed by atoms with van der Waals surface area (Å²) in [7, 11) is 0. The van der Waals surface area contributed by atoms with Gasteiger partial charge in [0.15, 0.2) is 34.9 Å². The van der Waals surface area contributed by atoms with Gasteiger partial charge in [0, 0.05) is 11.1 Å². The second-order valence-corrected chi connectivity index (χ2v) is 15.3. The van der Waals surface area contributed by atoms with E-state index in [2.05, 4.69) is 42.0 Å². The molecule has 2 heterocycles. The van der Waals surface area contributed by atoms with Gasteiger partial charge in [-0.2, -0.15) is 0 Å². The highest BCUT2D eigenvalue weighted by atomic mass is 16.3. The van der Waals surface area contributed by atoms with Crippen LogP contribution in [-0.2, 0) is 0 Å². The van der Waals surface area contributed by atoms with E-state index in [0.717, 1.165) is 55.6 Å². The van der Waals surface area contributed by atoms with Crippen LogP contribution in [0.25, 0.3) is 68.3 Å². The van der Waals surface area contributed by atoms with Crippen molar-refractivity contribution in [3.8, 4) is 91.3 Å². The van der Waals surface area contributed by atoms with Gasteiger partial charge in [0.05, 0.1) is 22.3 Å². The number of hydrogen-bond acceptors (Lipinski definition) is 10. The number of phenols is 4. The van der Waals surface area contributed by atoms with Crippen molar-refractivity contribution < 1.29 is 20.4 Å². The largest absolute Gasteiger partial charge is 0.507 e. The number of benzene rings is 6. The lowest BCUT2D eigenvalue weighted by atomic mass is 10.0. The lowest BCUT2D eigenvalue weighted by molar-refractivity contribution is 0.475. The fourth-order valence-corrected chi connectivity index (χ4v) is 6.93. The van der Waals surface area contributed by atoms with Crippen LogP contribution in [0.15, 0.2) is 109 Å². The number of rotatable bonds is 6. The normalized spacial score (nSPS) is 10.9. The Morgan fingerprint density at radius 3 is 0.633 bits per heavy atom. The monoisotopic (exact) mass is 794 g/mol. The molecule has 8 aromatic rings. The zero-order chi connectivity index (χ0) is 42.8. The predicted octanol–water partition coefficient (Wildman–Crippen LogP) is 11.0. The number of nitrogens with zero attached hydrogens (tertiary/aromatic N) is 6. The number of aryl methyl sites for hydroxylation is 8. The molecule has 0 atom stereocenters. The average Bonchev–Trinajstić information content (AvgIpc) is 3.18. The number of phenolic OH excluding ortho intramolecular Hbond substituents is 4. The van der Waals surface area contributed by atoms with Gasteiger partial charge in [0.25, 0.3) is 0 Å². The number of aromatic nitrogens is 6.